The number of fused-ring (bicyclic) bond motifs is 1. The number of aromatic nitrogens is 4. The van der Waals surface area contributed by atoms with Crippen LogP contribution in [0.2, 0.25) is 0 Å². The summed E-state index contributed by atoms with van der Waals surface area (Å²) >= 11 is 4.71. The summed E-state index contributed by atoms with van der Waals surface area (Å²) in [5, 5.41) is 16.3. The molecule has 0 saturated heterocycles. The number of hydrogen-bond donors (Lipinski definition) is 0. The fraction of sp³-hybridized carbons (Fsp3) is 0.211. The molecule has 5 rings (SSSR count). The Balaban J connectivity index is 1.39. The summed E-state index contributed by atoms with van der Waals surface area (Å²) < 4.78 is 1.70. The Kier molecular flexibility index (Phi) is 4.90. The lowest BCUT2D eigenvalue weighted by atomic mass is 10.1. The van der Waals surface area contributed by atoms with E-state index in [0.717, 1.165) is 37.9 Å². The summed E-state index contributed by atoms with van der Waals surface area (Å²) in [7, 11) is 1.84. The quantitative estimate of drug-likeness (QED) is 0.347. The van der Waals surface area contributed by atoms with Crippen LogP contribution in [0.4, 0.5) is 0 Å². The summed E-state index contributed by atoms with van der Waals surface area (Å²) in [5.74, 6) is 0.222. The number of aryl methyl sites for hydroxylation is 1. The number of nitrogens with zero attached hydrogens (tertiary/aromatic N) is 6. The zero-order valence-corrected chi connectivity index (χ0v) is 17.9. The summed E-state index contributed by atoms with van der Waals surface area (Å²) in [4.78, 5) is 24.0. The molecule has 4 aromatic heterocycles. The highest BCUT2D eigenvalue weighted by atomic mass is 32.2. The van der Waals surface area contributed by atoms with Crippen LogP contribution in [0.15, 0.2) is 57.7 Å². The monoisotopic (exact) mass is 440 g/mol. The van der Waals surface area contributed by atoms with Gasteiger partial charge in [0.05, 0.1) is 34.0 Å². The first-order chi connectivity index (χ1) is 14.2. The van der Waals surface area contributed by atoms with Gasteiger partial charge in [-0.15, -0.1) is 22.7 Å². The average Bonchev–Trinajstić information content (AvgIpc) is 3.52. The maximum atomic E-state index is 13.1. The van der Waals surface area contributed by atoms with Crippen molar-refractivity contribution in [3.8, 4) is 0 Å². The molecule has 0 aromatic carbocycles. The number of amides is 1. The maximum Gasteiger partial charge on any atom is 0.253 e. The van der Waals surface area contributed by atoms with Crippen LogP contribution < -0.4 is 0 Å². The van der Waals surface area contributed by atoms with E-state index in [1.807, 2.05) is 29.9 Å². The molecule has 0 N–H and O–H groups in total. The van der Waals surface area contributed by atoms with Crippen molar-refractivity contribution in [3.63, 3.8) is 0 Å². The minimum Gasteiger partial charge on any atom is -0.272 e. The molecule has 29 heavy (non-hydrogen) atoms. The molecule has 7 nitrogen and oxygen atoms in total. The van der Waals surface area contributed by atoms with Crippen molar-refractivity contribution in [1.82, 2.24) is 24.8 Å². The number of carbonyl (C=O) groups excluding carboxylic acids is 1. The van der Waals surface area contributed by atoms with E-state index in [1.54, 1.807) is 38.6 Å². The molecule has 1 atom stereocenters. The highest BCUT2D eigenvalue weighted by Gasteiger charge is 2.34. The molecule has 0 bridgehead atoms. The number of hydrazone groups is 1. The van der Waals surface area contributed by atoms with Gasteiger partial charge in [0.25, 0.3) is 5.91 Å². The normalized spacial score (nSPS) is 16.5. The van der Waals surface area contributed by atoms with E-state index in [-0.39, 0.29) is 17.7 Å². The second kappa shape index (κ2) is 7.69. The van der Waals surface area contributed by atoms with E-state index in [1.165, 1.54) is 18.1 Å². The molecule has 0 fully saturated rings. The van der Waals surface area contributed by atoms with Gasteiger partial charge in [-0.3, -0.25) is 9.48 Å². The van der Waals surface area contributed by atoms with Gasteiger partial charge in [-0.05, 0) is 22.9 Å². The number of rotatable bonds is 5. The van der Waals surface area contributed by atoms with Crippen LogP contribution >= 0.6 is 34.4 Å². The predicted molar refractivity (Wildman–Crippen MR) is 116 cm³/mol. The molecular formula is C19H16N6OS3. The van der Waals surface area contributed by atoms with Gasteiger partial charge in [-0.2, -0.15) is 10.2 Å². The third-order valence-electron chi connectivity index (χ3n) is 4.67. The molecule has 1 aliphatic heterocycles. The number of hydrogen-bond acceptors (Lipinski definition) is 8. The van der Waals surface area contributed by atoms with E-state index < -0.39 is 0 Å². The van der Waals surface area contributed by atoms with E-state index in [0.29, 0.717) is 0 Å². The van der Waals surface area contributed by atoms with Gasteiger partial charge in [0.1, 0.15) is 11.4 Å². The molecule has 1 amide bonds. The molecule has 0 aliphatic carbocycles. The van der Waals surface area contributed by atoms with Crippen molar-refractivity contribution >= 4 is 57.1 Å². The van der Waals surface area contributed by atoms with Crippen LogP contribution in [0.5, 0.6) is 0 Å². The Bertz CT molecular complexity index is 1180. The summed E-state index contributed by atoms with van der Waals surface area (Å²) in [5.41, 5.74) is 1.72. The van der Waals surface area contributed by atoms with Gasteiger partial charge in [-0.1, -0.05) is 23.9 Å². The Hall–Kier alpha value is -2.56. The maximum absolute atomic E-state index is 13.1. The lowest BCUT2D eigenvalue weighted by Crippen LogP contribution is -2.28. The standard InChI is InChI=1S/C19H16N6OS3/c1-24-18-12(9-22-24)19(21-11-20-18)29-10-17(26)25-14(16-5-3-7-28-16)8-13(23-25)15-4-2-6-27-15/h2-7,9,11,14H,8,10H2,1H3/t14-/m1/s1. The second-order valence-electron chi connectivity index (χ2n) is 6.47. The Labute approximate surface area is 179 Å². The first-order valence-electron chi connectivity index (χ1n) is 8.93. The van der Waals surface area contributed by atoms with Crippen LogP contribution in [0.3, 0.4) is 0 Å². The summed E-state index contributed by atoms with van der Waals surface area (Å²) in [6, 6.07) is 8.10. The lowest BCUT2D eigenvalue weighted by Gasteiger charge is -2.20. The van der Waals surface area contributed by atoms with Crippen molar-refractivity contribution in [1.29, 1.82) is 0 Å². The van der Waals surface area contributed by atoms with Gasteiger partial charge in [0, 0.05) is 18.3 Å². The lowest BCUT2D eigenvalue weighted by molar-refractivity contribution is -0.130. The fourth-order valence-electron chi connectivity index (χ4n) is 3.29. The van der Waals surface area contributed by atoms with E-state index in [4.69, 9.17) is 5.10 Å². The second-order valence-corrected chi connectivity index (χ2v) is 9.36. The molecule has 0 unspecified atom stereocenters. The van der Waals surface area contributed by atoms with Crippen molar-refractivity contribution in [3.05, 3.63) is 57.3 Å². The molecule has 0 saturated carbocycles. The molecular weight excluding hydrogens is 424 g/mol. The molecule has 146 valence electrons. The third kappa shape index (κ3) is 3.47. The minimum atomic E-state index is -0.0518. The van der Waals surface area contributed by atoms with Crippen LogP contribution in [-0.2, 0) is 11.8 Å². The molecule has 1 aliphatic rings. The Morgan fingerprint density at radius 1 is 1.24 bits per heavy atom. The zero-order valence-electron chi connectivity index (χ0n) is 15.4. The summed E-state index contributed by atoms with van der Waals surface area (Å²) in [6.07, 6.45) is 3.98. The van der Waals surface area contributed by atoms with Gasteiger partial charge in [0.15, 0.2) is 5.65 Å². The third-order valence-corrected chi connectivity index (χ3v) is 7.55. The number of carbonyl (C=O) groups is 1. The first kappa shape index (κ1) is 18.5. The highest BCUT2D eigenvalue weighted by molar-refractivity contribution is 8.00. The van der Waals surface area contributed by atoms with Gasteiger partial charge in [-0.25, -0.2) is 15.0 Å². The molecule has 0 radical (unpaired) electrons. The van der Waals surface area contributed by atoms with Crippen molar-refractivity contribution in [2.45, 2.75) is 17.5 Å². The van der Waals surface area contributed by atoms with E-state index in [9.17, 15) is 4.79 Å². The smallest absolute Gasteiger partial charge is 0.253 e. The summed E-state index contributed by atoms with van der Waals surface area (Å²) in [6.45, 7) is 0. The van der Waals surface area contributed by atoms with Crippen LogP contribution in [-0.4, -0.2) is 42.1 Å². The first-order valence-corrected chi connectivity index (χ1v) is 11.7. The number of thioether (sulfide) groups is 1. The Morgan fingerprint density at radius 2 is 2.10 bits per heavy atom. The molecule has 5 heterocycles. The van der Waals surface area contributed by atoms with Crippen LogP contribution in [0.25, 0.3) is 11.0 Å². The largest absolute Gasteiger partial charge is 0.272 e. The molecule has 10 heteroatoms. The topological polar surface area (TPSA) is 76.3 Å². The van der Waals surface area contributed by atoms with Gasteiger partial charge in [0.2, 0.25) is 0 Å². The fourth-order valence-corrected chi connectivity index (χ4v) is 5.63. The van der Waals surface area contributed by atoms with Crippen LogP contribution in [0, 0.1) is 0 Å². The van der Waals surface area contributed by atoms with Crippen molar-refractivity contribution < 1.29 is 4.79 Å². The Morgan fingerprint density at radius 3 is 2.90 bits per heavy atom. The van der Waals surface area contributed by atoms with Crippen molar-refractivity contribution in [2.24, 2.45) is 12.1 Å². The SMILES string of the molecule is Cn1ncc2c(SCC(=O)N3N=C(c4cccs4)C[C@@H]3c3cccs3)ncnc21. The zero-order chi connectivity index (χ0) is 19.8. The number of thiophene rings is 2. The average molecular weight is 441 g/mol. The van der Waals surface area contributed by atoms with Gasteiger partial charge < -0.3 is 0 Å². The molecule has 4 aromatic rings. The predicted octanol–water partition coefficient (Wildman–Crippen LogP) is 3.96. The highest BCUT2D eigenvalue weighted by Crippen LogP contribution is 2.36. The minimum absolute atomic E-state index is 0.0318. The van der Waals surface area contributed by atoms with Gasteiger partial charge >= 0.3 is 0 Å². The van der Waals surface area contributed by atoms with E-state index >= 15 is 0 Å². The molecule has 0 spiro atoms. The van der Waals surface area contributed by atoms with Crippen LogP contribution in [0.1, 0.15) is 22.2 Å². The van der Waals surface area contributed by atoms with Crippen molar-refractivity contribution in [2.75, 3.05) is 5.75 Å². The van der Waals surface area contributed by atoms with E-state index in [2.05, 4.69) is 27.2 Å².